The van der Waals surface area contributed by atoms with Crippen molar-refractivity contribution >= 4 is 44.6 Å². The number of aromatic nitrogens is 6. The number of aryl methyl sites for hydroxylation is 1. The van der Waals surface area contributed by atoms with Gasteiger partial charge in [0.05, 0.1) is 11.0 Å². The van der Waals surface area contributed by atoms with Gasteiger partial charge >= 0.3 is 11.4 Å². The first-order valence-electron chi connectivity index (χ1n) is 12.7. The van der Waals surface area contributed by atoms with E-state index in [4.69, 9.17) is 4.42 Å². The highest BCUT2D eigenvalue weighted by atomic mass is 16.4. The van der Waals surface area contributed by atoms with Gasteiger partial charge in [0.25, 0.3) is 0 Å². The Hall–Kier alpha value is -5.06. The Bertz CT molecular complexity index is 2030. The molecule has 0 aliphatic carbocycles. The zero-order chi connectivity index (χ0) is 26.7. The van der Waals surface area contributed by atoms with Crippen molar-refractivity contribution in [1.29, 1.82) is 0 Å². The van der Waals surface area contributed by atoms with Gasteiger partial charge in [-0.25, -0.2) is 24.5 Å². The molecule has 0 unspecified atom stereocenters. The first-order chi connectivity index (χ1) is 19.0. The van der Waals surface area contributed by atoms with Crippen LogP contribution in [0.3, 0.4) is 0 Å². The van der Waals surface area contributed by atoms with E-state index in [1.165, 1.54) is 6.33 Å². The second-order valence-corrected chi connectivity index (χ2v) is 9.83. The van der Waals surface area contributed by atoms with E-state index >= 15 is 0 Å². The molecule has 7 rings (SSSR count). The van der Waals surface area contributed by atoms with Gasteiger partial charge in [-0.15, -0.1) is 0 Å². The third kappa shape index (κ3) is 3.81. The molecule has 0 radical (unpaired) electrons. The number of oxazole rings is 1. The summed E-state index contributed by atoms with van der Waals surface area (Å²) in [5.41, 5.74) is 3.52. The Balaban J connectivity index is 1.13. The van der Waals surface area contributed by atoms with Crippen LogP contribution in [0, 0.1) is 6.92 Å². The van der Waals surface area contributed by atoms with Gasteiger partial charge in [0, 0.05) is 47.7 Å². The zero-order valence-electron chi connectivity index (χ0n) is 21.0. The lowest BCUT2D eigenvalue weighted by atomic mass is 10.0. The van der Waals surface area contributed by atoms with E-state index in [1.54, 1.807) is 35.9 Å². The molecule has 11 nitrogen and oxygen atoms in total. The van der Waals surface area contributed by atoms with Crippen LogP contribution in [0.25, 0.3) is 33.0 Å². The summed E-state index contributed by atoms with van der Waals surface area (Å²) < 4.78 is 6.93. The number of hydrogen-bond donors (Lipinski definition) is 2. The second kappa shape index (κ2) is 8.76. The largest absolute Gasteiger partial charge is 0.417 e. The SMILES string of the molecule is Cc1cc(C(=O)c2cc(N3CCC(n4c(=O)[nH]c5c6ccccc6cnc54)CC3)ncn2)cc2oc(=O)[nH]c12. The number of ketones is 1. The number of carbonyl (C=O) groups excluding carboxylic acids is 1. The average Bonchev–Trinajstić information content (AvgIpc) is 3.51. The number of pyridine rings is 1. The number of nitrogens with zero attached hydrogens (tertiary/aromatic N) is 5. The van der Waals surface area contributed by atoms with Gasteiger partial charge in [0.15, 0.2) is 11.2 Å². The summed E-state index contributed by atoms with van der Waals surface area (Å²) in [5, 5.41) is 1.96. The minimum Gasteiger partial charge on any atom is -0.408 e. The summed E-state index contributed by atoms with van der Waals surface area (Å²) in [4.78, 5) is 58.8. The lowest BCUT2D eigenvalue weighted by Gasteiger charge is -2.33. The van der Waals surface area contributed by atoms with Gasteiger partial charge in [-0.2, -0.15) is 0 Å². The molecule has 2 N–H and O–H groups in total. The van der Waals surface area contributed by atoms with E-state index in [0.29, 0.717) is 41.2 Å². The lowest BCUT2D eigenvalue weighted by molar-refractivity contribution is 0.103. The van der Waals surface area contributed by atoms with Crippen LogP contribution >= 0.6 is 0 Å². The van der Waals surface area contributed by atoms with Gasteiger partial charge in [0.1, 0.15) is 17.8 Å². The minimum absolute atomic E-state index is 0.00943. The van der Waals surface area contributed by atoms with Gasteiger partial charge in [0.2, 0.25) is 5.78 Å². The molecule has 0 amide bonds. The van der Waals surface area contributed by atoms with Crippen molar-refractivity contribution < 1.29 is 9.21 Å². The number of hydrogen-bond acceptors (Lipinski definition) is 8. The summed E-state index contributed by atoms with van der Waals surface area (Å²) in [6, 6.07) is 12.8. The standard InChI is InChI=1S/C28H23N7O4/c1-15-10-17(11-21-23(15)33-28(38)39-21)25(36)20-12-22(31-14-30-20)34-8-6-18(7-9-34)35-26-24(32-27(35)37)19-5-3-2-4-16(19)13-29-26/h2-5,10-14,18H,6-9H2,1H3,(H,32,37)(H,33,38). The highest BCUT2D eigenvalue weighted by molar-refractivity contribution is 6.09. The average molecular weight is 522 g/mol. The van der Waals surface area contributed by atoms with E-state index in [9.17, 15) is 14.4 Å². The fraction of sp³-hybridized carbons (Fsp3) is 0.214. The van der Waals surface area contributed by atoms with Crippen LogP contribution < -0.4 is 16.3 Å². The predicted molar refractivity (Wildman–Crippen MR) is 145 cm³/mol. The Morgan fingerprint density at radius 2 is 1.82 bits per heavy atom. The number of H-pyrrole nitrogens is 2. The summed E-state index contributed by atoms with van der Waals surface area (Å²) in [6.45, 7) is 3.11. The molecular weight excluding hydrogens is 498 g/mol. The third-order valence-electron chi connectivity index (χ3n) is 7.49. The van der Waals surface area contributed by atoms with E-state index < -0.39 is 5.76 Å². The summed E-state index contributed by atoms with van der Waals surface area (Å²) in [6.07, 6.45) is 4.63. The monoisotopic (exact) mass is 521 g/mol. The topological polar surface area (TPSA) is 143 Å². The first-order valence-corrected chi connectivity index (χ1v) is 12.7. The summed E-state index contributed by atoms with van der Waals surface area (Å²) in [5.74, 6) is -0.205. The van der Waals surface area contributed by atoms with Crippen molar-refractivity contribution in [1.82, 2.24) is 29.5 Å². The Morgan fingerprint density at radius 3 is 2.67 bits per heavy atom. The summed E-state index contributed by atoms with van der Waals surface area (Å²) >= 11 is 0. The lowest BCUT2D eigenvalue weighted by Crippen LogP contribution is -2.37. The molecule has 4 aromatic heterocycles. The first kappa shape index (κ1) is 23.1. The molecule has 194 valence electrons. The fourth-order valence-corrected chi connectivity index (χ4v) is 5.56. The summed E-state index contributed by atoms with van der Waals surface area (Å²) in [7, 11) is 0. The number of carbonyl (C=O) groups is 1. The number of anilines is 1. The van der Waals surface area contributed by atoms with Crippen molar-refractivity contribution in [2.75, 3.05) is 18.0 Å². The Kier molecular flexibility index (Phi) is 5.18. The molecule has 0 saturated carbocycles. The highest BCUT2D eigenvalue weighted by Crippen LogP contribution is 2.29. The van der Waals surface area contributed by atoms with Crippen molar-refractivity contribution in [3.05, 3.63) is 92.8 Å². The van der Waals surface area contributed by atoms with Crippen LogP contribution in [-0.2, 0) is 0 Å². The molecule has 0 spiro atoms. The van der Waals surface area contributed by atoms with Gasteiger partial charge in [-0.1, -0.05) is 24.3 Å². The molecule has 1 aliphatic heterocycles. The maximum absolute atomic E-state index is 13.3. The normalized spacial score (nSPS) is 14.5. The van der Waals surface area contributed by atoms with E-state index in [1.807, 2.05) is 24.3 Å². The van der Waals surface area contributed by atoms with Crippen molar-refractivity contribution in [3.8, 4) is 0 Å². The third-order valence-corrected chi connectivity index (χ3v) is 7.49. The van der Waals surface area contributed by atoms with Crippen molar-refractivity contribution in [3.63, 3.8) is 0 Å². The molecule has 0 bridgehead atoms. The molecule has 5 heterocycles. The zero-order valence-corrected chi connectivity index (χ0v) is 21.0. The number of rotatable bonds is 4. The molecule has 11 heteroatoms. The molecular formula is C28H23N7O4. The maximum Gasteiger partial charge on any atom is 0.417 e. The van der Waals surface area contributed by atoms with E-state index in [2.05, 4.69) is 29.8 Å². The van der Waals surface area contributed by atoms with E-state index in [0.717, 1.165) is 34.7 Å². The molecule has 1 aliphatic rings. The maximum atomic E-state index is 13.3. The number of benzene rings is 2. The van der Waals surface area contributed by atoms with Crippen LogP contribution in [0.2, 0.25) is 0 Å². The number of piperidine rings is 1. The Morgan fingerprint density at radius 1 is 1.00 bits per heavy atom. The fourth-order valence-electron chi connectivity index (χ4n) is 5.56. The minimum atomic E-state index is -0.565. The van der Waals surface area contributed by atoms with Gasteiger partial charge in [-0.05, 0) is 37.5 Å². The smallest absolute Gasteiger partial charge is 0.408 e. The molecule has 6 aromatic rings. The second-order valence-electron chi connectivity index (χ2n) is 9.83. The molecule has 2 aromatic carbocycles. The predicted octanol–water partition coefficient (Wildman–Crippen LogP) is 3.48. The quantitative estimate of drug-likeness (QED) is 0.336. The number of fused-ring (bicyclic) bond motifs is 4. The molecule has 39 heavy (non-hydrogen) atoms. The van der Waals surface area contributed by atoms with Crippen LogP contribution in [0.4, 0.5) is 5.82 Å². The van der Waals surface area contributed by atoms with E-state index in [-0.39, 0.29) is 23.2 Å². The van der Waals surface area contributed by atoms with Gasteiger partial charge in [-0.3, -0.25) is 14.3 Å². The highest BCUT2D eigenvalue weighted by Gasteiger charge is 2.26. The number of nitrogens with one attached hydrogen (secondary N) is 2. The van der Waals surface area contributed by atoms with Crippen LogP contribution in [0.1, 0.15) is 40.5 Å². The molecule has 0 atom stereocenters. The van der Waals surface area contributed by atoms with Crippen molar-refractivity contribution in [2.24, 2.45) is 0 Å². The van der Waals surface area contributed by atoms with Crippen molar-refractivity contribution in [2.45, 2.75) is 25.8 Å². The number of imidazole rings is 1. The molecule has 1 saturated heterocycles. The molecule has 1 fully saturated rings. The number of aromatic amines is 2. The Labute approximate surface area is 220 Å². The van der Waals surface area contributed by atoms with Crippen LogP contribution in [-0.4, -0.2) is 48.4 Å². The van der Waals surface area contributed by atoms with Crippen LogP contribution in [0.15, 0.2) is 69.0 Å². The van der Waals surface area contributed by atoms with Crippen LogP contribution in [0.5, 0.6) is 0 Å². The van der Waals surface area contributed by atoms with Gasteiger partial charge < -0.3 is 14.3 Å².